The minimum absolute atomic E-state index is 0.144. The summed E-state index contributed by atoms with van der Waals surface area (Å²) >= 11 is 3.24. The van der Waals surface area contributed by atoms with Gasteiger partial charge >= 0.3 is 0 Å². The lowest BCUT2D eigenvalue weighted by molar-refractivity contribution is 0.0150. The molecule has 0 saturated heterocycles. The lowest BCUT2D eigenvalue weighted by Crippen LogP contribution is -2.19. The number of nitrogens with zero attached hydrogens (tertiary/aromatic N) is 3. The van der Waals surface area contributed by atoms with Gasteiger partial charge in [0.2, 0.25) is 0 Å². The first-order valence-corrected chi connectivity index (χ1v) is 5.77. The van der Waals surface area contributed by atoms with Crippen LogP contribution in [0.1, 0.15) is 18.1 Å². The Morgan fingerprint density at radius 2 is 2.18 bits per heavy atom. The van der Waals surface area contributed by atoms with Gasteiger partial charge in [-0.15, -0.1) is 0 Å². The summed E-state index contributed by atoms with van der Waals surface area (Å²) in [4.78, 5) is 2.57. The normalized spacial score (nSPS) is 13.8. The first-order chi connectivity index (χ1) is 8.06. The zero-order chi connectivity index (χ0) is 12.8. The molecule has 1 aromatic rings. The van der Waals surface area contributed by atoms with Crippen LogP contribution in [0.2, 0.25) is 0 Å². The Morgan fingerprint density at radius 1 is 1.47 bits per heavy atom. The van der Waals surface area contributed by atoms with E-state index in [0.717, 1.165) is 0 Å². The van der Waals surface area contributed by atoms with E-state index in [9.17, 15) is 10.2 Å². The van der Waals surface area contributed by atoms with Crippen molar-refractivity contribution >= 4 is 21.6 Å². The van der Waals surface area contributed by atoms with Crippen molar-refractivity contribution in [2.24, 2.45) is 5.11 Å². The molecule has 0 amide bonds. The number of aliphatic hydroxyl groups is 2. The smallest absolute Gasteiger partial charge is 0.105 e. The largest absolute Gasteiger partial charge is 0.398 e. The molecule has 1 rings (SSSR count). The van der Waals surface area contributed by atoms with Gasteiger partial charge in [-0.1, -0.05) is 11.2 Å². The zero-order valence-electron chi connectivity index (χ0n) is 8.99. The second-order valence-electron chi connectivity index (χ2n) is 3.54. The minimum Gasteiger partial charge on any atom is -0.398 e. The number of hydrogen-bond acceptors (Lipinski definition) is 4. The van der Waals surface area contributed by atoms with Crippen molar-refractivity contribution in [1.82, 2.24) is 0 Å². The van der Waals surface area contributed by atoms with Crippen LogP contribution in [0.15, 0.2) is 27.8 Å². The summed E-state index contributed by atoms with van der Waals surface area (Å²) in [6, 6.07) is 4.93. The van der Waals surface area contributed by atoms with Crippen molar-refractivity contribution in [3.8, 4) is 0 Å². The molecule has 17 heavy (non-hydrogen) atoms. The molecule has 0 aliphatic rings. The average Bonchev–Trinajstić information content (AvgIpc) is 2.32. The number of aliphatic hydroxyl groups excluding tert-OH is 2. The van der Waals surface area contributed by atoms with Crippen molar-refractivity contribution in [1.29, 1.82) is 0 Å². The van der Waals surface area contributed by atoms with E-state index in [-0.39, 0.29) is 13.0 Å². The molecule has 7 heteroatoms. The van der Waals surface area contributed by atoms with E-state index in [0.29, 0.717) is 15.7 Å². The third-order valence-corrected chi connectivity index (χ3v) is 3.01. The Morgan fingerprint density at radius 3 is 2.76 bits per heavy atom. The van der Waals surface area contributed by atoms with Crippen LogP contribution in [0.4, 0.5) is 5.69 Å². The fourth-order valence-electron chi connectivity index (χ4n) is 1.34. The second kappa shape index (κ2) is 6.46. The molecule has 0 heterocycles. The Balaban J connectivity index is 2.70. The average molecular weight is 301 g/mol. The van der Waals surface area contributed by atoms with Crippen molar-refractivity contribution in [3.63, 3.8) is 0 Å². The fourth-order valence-corrected chi connectivity index (χ4v) is 1.74. The third-order valence-electron chi connectivity index (χ3n) is 2.32. The van der Waals surface area contributed by atoms with Gasteiger partial charge in [0.05, 0.1) is 6.10 Å². The van der Waals surface area contributed by atoms with Crippen LogP contribution in [0.5, 0.6) is 0 Å². The van der Waals surface area contributed by atoms with Gasteiger partial charge in [0.1, 0.15) is 6.10 Å². The Labute approximate surface area is 107 Å². The number of nitrogens with two attached hydrogens (primary N) is 1. The molecular weight excluding hydrogens is 288 g/mol. The molecule has 2 unspecified atom stereocenters. The van der Waals surface area contributed by atoms with Gasteiger partial charge in [-0.2, -0.15) is 0 Å². The SMILES string of the molecule is [N-]=[N+]=NCCC(O)C(O)c1ccc(N)c(Br)c1. The summed E-state index contributed by atoms with van der Waals surface area (Å²) in [6.45, 7) is 0.144. The molecule has 6 nitrogen and oxygen atoms in total. The molecule has 4 N–H and O–H groups in total. The van der Waals surface area contributed by atoms with Crippen LogP contribution in [-0.4, -0.2) is 22.9 Å². The quantitative estimate of drug-likeness (QED) is 0.335. The van der Waals surface area contributed by atoms with Crippen molar-refractivity contribution in [2.75, 3.05) is 12.3 Å². The molecular formula is C10H13BrN4O2. The molecule has 0 fully saturated rings. The number of halogens is 1. The second-order valence-corrected chi connectivity index (χ2v) is 4.39. The van der Waals surface area contributed by atoms with Gasteiger partial charge in [0, 0.05) is 21.6 Å². The Hall–Kier alpha value is -1.27. The molecule has 2 atom stereocenters. The highest BCUT2D eigenvalue weighted by Crippen LogP contribution is 2.26. The van der Waals surface area contributed by atoms with Crippen LogP contribution in [0.3, 0.4) is 0 Å². The van der Waals surface area contributed by atoms with Gasteiger partial charge in [-0.05, 0) is 45.6 Å². The molecule has 0 saturated carbocycles. The highest BCUT2D eigenvalue weighted by Gasteiger charge is 2.18. The van der Waals surface area contributed by atoms with E-state index >= 15 is 0 Å². The summed E-state index contributed by atoms with van der Waals surface area (Å²) < 4.78 is 0.663. The van der Waals surface area contributed by atoms with Crippen LogP contribution in [0, 0.1) is 0 Å². The minimum atomic E-state index is -1.03. The topological polar surface area (TPSA) is 115 Å². The first kappa shape index (κ1) is 13.8. The van der Waals surface area contributed by atoms with E-state index in [4.69, 9.17) is 11.3 Å². The van der Waals surface area contributed by atoms with Crippen LogP contribution >= 0.6 is 15.9 Å². The number of nitrogen functional groups attached to an aromatic ring is 1. The summed E-state index contributed by atoms with van der Waals surface area (Å²) in [7, 11) is 0. The van der Waals surface area contributed by atoms with E-state index in [2.05, 4.69) is 26.0 Å². The maximum Gasteiger partial charge on any atom is 0.105 e. The van der Waals surface area contributed by atoms with Crippen LogP contribution in [0.25, 0.3) is 10.4 Å². The third kappa shape index (κ3) is 3.90. The predicted octanol–water partition coefficient (Wildman–Crippen LogP) is 2.13. The van der Waals surface area contributed by atoms with Crippen molar-refractivity contribution in [2.45, 2.75) is 18.6 Å². The highest BCUT2D eigenvalue weighted by molar-refractivity contribution is 9.10. The maximum absolute atomic E-state index is 9.86. The number of benzene rings is 1. The summed E-state index contributed by atoms with van der Waals surface area (Å²) in [5, 5.41) is 22.8. The molecule has 0 aromatic heterocycles. The molecule has 92 valence electrons. The number of hydrogen-bond donors (Lipinski definition) is 3. The van der Waals surface area contributed by atoms with E-state index in [1.54, 1.807) is 18.2 Å². The fraction of sp³-hybridized carbons (Fsp3) is 0.400. The summed E-state index contributed by atoms with van der Waals surface area (Å²) in [5.41, 5.74) is 14.8. The van der Waals surface area contributed by atoms with Gasteiger partial charge in [-0.25, -0.2) is 0 Å². The predicted molar refractivity (Wildman–Crippen MR) is 68.2 cm³/mol. The lowest BCUT2D eigenvalue weighted by atomic mass is 10.0. The van der Waals surface area contributed by atoms with Gasteiger partial charge < -0.3 is 15.9 Å². The lowest BCUT2D eigenvalue weighted by Gasteiger charge is -2.17. The monoisotopic (exact) mass is 300 g/mol. The summed E-state index contributed by atoms with van der Waals surface area (Å²) in [6.07, 6.45) is -1.80. The molecule has 0 bridgehead atoms. The molecule has 0 aliphatic heterocycles. The van der Waals surface area contributed by atoms with Crippen molar-refractivity contribution < 1.29 is 10.2 Å². The molecule has 1 aromatic carbocycles. The first-order valence-electron chi connectivity index (χ1n) is 4.98. The summed E-state index contributed by atoms with van der Waals surface area (Å²) in [5.74, 6) is 0. The Bertz CT molecular complexity index is 434. The van der Waals surface area contributed by atoms with Crippen molar-refractivity contribution in [3.05, 3.63) is 38.7 Å². The molecule has 0 aliphatic carbocycles. The van der Waals surface area contributed by atoms with E-state index < -0.39 is 12.2 Å². The van der Waals surface area contributed by atoms with Crippen LogP contribution in [-0.2, 0) is 0 Å². The number of azide groups is 1. The standard InChI is InChI=1S/C10H13BrN4O2/c11-7-5-6(1-2-8(7)12)10(17)9(16)3-4-14-15-13/h1-2,5,9-10,16-17H,3-4,12H2. The number of anilines is 1. The maximum atomic E-state index is 9.86. The molecule has 0 radical (unpaired) electrons. The van der Waals surface area contributed by atoms with Gasteiger partial charge in [0.15, 0.2) is 0 Å². The van der Waals surface area contributed by atoms with Gasteiger partial charge in [-0.3, -0.25) is 0 Å². The van der Waals surface area contributed by atoms with E-state index in [1.165, 1.54) is 0 Å². The zero-order valence-corrected chi connectivity index (χ0v) is 10.6. The van der Waals surface area contributed by atoms with Crippen LogP contribution < -0.4 is 5.73 Å². The Kier molecular flexibility index (Phi) is 5.24. The van der Waals surface area contributed by atoms with Gasteiger partial charge in [0.25, 0.3) is 0 Å². The highest BCUT2D eigenvalue weighted by atomic mass is 79.9. The number of rotatable bonds is 5. The molecule has 0 spiro atoms. The van der Waals surface area contributed by atoms with E-state index in [1.807, 2.05) is 0 Å².